The van der Waals surface area contributed by atoms with Crippen LogP contribution in [0.15, 0.2) is 0 Å². The van der Waals surface area contributed by atoms with E-state index in [1.165, 1.54) is 12.8 Å². The molecule has 1 rings (SSSR count). The van der Waals surface area contributed by atoms with Crippen LogP contribution in [0.25, 0.3) is 0 Å². The number of nitrogens with zero attached hydrogens (tertiary/aromatic N) is 2. The summed E-state index contributed by atoms with van der Waals surface area (Å²) in [6, 6.07) is 0.173. The first-order valence-electron chi connectivity index (χ1n) is 8.11. The van der Waals surface area contributed by atoms with Crippen molar-refractivity contribution in [2.75, 3.05) is 27.2 Å². The molecule has 1 fully saturated rings. The molecule has 0 spiro atoms. The van der Waals surface area contributed by atoms with Crippen LogP contribution in [0, 0.1) is 5.41 Å². The maximum absolute atomic E-state index is 13.2. The molecule has 0 saturated heterocycles. The molecule has 1 unspecified atom stereocenters. The fourth-order valence-corrected chi connectivity index (χ4v) is 3.75. The minimum absolute atomic E-state index is 0.147. The van der Waals surface area contributed by atoms with Gasteiger partial charge in [-0.3, -0.25) is 4.79 Å². The van der Waals surface area contributed by atoms with E-state index in [1.807, 2.05) is 25.9 Å². The van der Waals surface area contributed by atoms with Gasteiger partial charge in [0, 0.05) is 19.1 Å². The SMILES string of the molecule is CCN(C(=O)C1(C(N)=S)CCCCCC1)C(C)CN(C)C. The van der Waals surface area contributed by atoms with E-state index in [4.69, 9.17) is 18.0 Å². The minimum atomic E-state index is -0.609. The van der Waals surface area contributed by atoms with Gasteiger partial charge in [-0.25, -0.2) is 0 Å². The molecule has 1 aliphatic carbocycles. The van der Waals surface area contributed by atoms with Crippen molar-refractivity contribution in [3.63, 3.8) is 0 Å². The second-order valence-electron chi connectivity index (χ2n) is 6.56. The first-order valence-corrected chi connectivity index (χ1v) is 8.51. The number of carbonyl (C=O) groups excluding carboxylic acids is 1. The number of hydrogen-bond donors (Lipinski definition) is 1. The monoisotopic (exact) mass is 313 g/mol. The summed E-state index contributed by atoms with van der Waals surface area (Å²) in [5.41, 5.74) is 5.43. The van der Waals surface area contributed by atoms with Crippen LogP contribution in [0.1, 0.15) is 52.4 Å². The zero-order chi connectivity index (χ0) is 16.0. The van der Waals surface area contributed by atoms with Crippen molar-refractivity contribution < 1.29 is 4.79 Å². The van der Waals surface area contributed by atoms with Crippen molar-refractivity contribution in [2.24, 2.45) is 11.1 Å². The lowest BCUT2D eigenvalue weighted by Gasteiger charge is -2.39. The Bertz CT molecular complexity index is 363. The Balaban J connectivity index is 2.99. The molecule has 1 atom stereocenters. The number of nitrogens with two attached hydrogens (primary N) is 1. The third kappa shape index (κ3) is 4.39. The molecular weight excluding hydrogens is 282 g/mol. The van der Waals surface area contributed by atoms with Gasteiger partial charge < -0.3 is 15.5 Å². The number of amides is 1. The van der Waals surface area contributed by atoms with Gasteiger partial charge in [0.2, 0.25) is 5.91 Å². The van der Waals surface area contributed by atoms with Crippen LogP contribution in [0.3, 0.4) is 0 Å². The van der Waals surface area contributed by atoms with Crippen molar-refractivity contribution in [3.05, 3.63) is 0 Å². The normalized spacial score (nSPS) is 19.9. The lowest BCUT2D eigenvalue weighted by Crippen LogP contribution is -2.54. The van der Waals surface area contributed by atoms with Crippen LogP contribution in [0.5, 0.6) is 0 Å². The molecule has 0 aromatic carbocycles. The Labute approximate surface area is 135 Å². The molecule has 0 aliphatic heterocycles. The average Bonchev–Trinajstić information content (AvgIpc) is 2.64. The number of rotatable bonds is 6. The largest absolute Gasteiger partial charge is 0.392 e. The van der Waals surface area contributed by atoms with Crippen molar-refractivity contribution in [2.45, 2.75) is 58.4 Å². The van der Waals surface area contributed by atoms with Gasteiger partial charge in [0.25, 0.3) is 0 Å². The molecule has 0 radical (unpaired) electrons. The van der Waals surface area contributed by atoms with Crippen LogP contribution in [0.2, 0.25) is 0 Å². The molecule has 0 aromatic heterocycles. The topological polar surface area (TPSA) is 49.6 Å². The predicted molar refractivity (Wildman–Crippen MR) is 92.3 cm³/mol. The van der Waals surface area contributed by atoms with Crippen molar-refractivity contribution in [1.29, 1.82) is 0 Å². The zero-order valence-corrected chi connectivity index (χ0v) is 14.8. The average molecular weight is 314 g/mol. The summed E-state index contributed by atoms with van der Waals surface area (Å²) in [7, 11) is 4.06. The van der Waals surface area contributed by atoms with Crippen LogP contribution >= 0.6 is 12.2 Å². The second kappa shape index (κ2) is 8.08. The summed E-state index contributed by atoms with van der Waals surface area (Å²) in [6.45, 7) is 5.70. The minimum Gasteiger partial charge on any atom is -0.392 e. The summed E-state index contributed by atoms with van der Waals surface area (Å²) in [5, 5.41) is 0. The summed E-state index contributed by atoms with van der Waals surface area (Å²) in [4.78, 5) is 17.7. The molecule has 1 amide bonds. The molecule has 122 valence electrons. The van der Waals surface area contributed by atoms with Gasteiger partial charge in [0.15, 0.2) is 0 Å². The fourth-order valence-electron chi connectivity index (χ4n) is 3.46. The van der Waals surface area contributed by atoms with E-state index in [1.54, 1.807) is 0 Å². The van der Waals surface area contributed by atoms with E-state index >= 15 is 0 Å². The molecule has 1 aliphatic rings. The Hall–Kier alpha value is -0.680. The van der Waals surface area contributed by atoms with Crippen molar-refractivity contribution in [1.82, 2.24) is 9.80 Å². The first-order chi connectivity index (χ1) is 9.85. The van der Waals surface area contributed by atoms with Crippen LogP contribution in [-0.2, 0) is 4.79 Å². The summed E-state index contributed by atoms with van der Waals surface area (Å²) < 4.78 is 0. The Morgan fingerprint density at radius 2 is 1.76 bits per heavy atom. The van der Waals surface area contributed by atoms with Crippen LogP contribution in [-0.4, -0.2) is 53.9 Å². The standard InChI is InChI=1S/C16H31N3OS/c1-5-19(13(2)12-18(3)4)15(20)16(14(17)21)10-8-6-7-9-11-16/h13H,5-12H2,1-4H3,(H2,17,21). The highest BCUT2D eigenvalue weighted by Gasteiger charge is 2.44. The van der Waals surface area contributed by atoms with Crippen molar-refractivity contribution in [3.8, 4) is 0 Å². The molecule has 0 bridgehead atoms. The van der Waals surface area contributed by atoms with Gasteiger partial charge in [-0.1, -0.05) is 37.9 Å². The summed E-state index contributed by atoms with van der Waals surface area (Å²) in [6.07, 6.45) is 6.07. The van der Waals surface area contributed by atoms with Gasteiger partial charge in [-0.15, -0.1) is 0 Å². The molecular formula is C16H31N3OS. The smallest absolute Gasteiger partial charge is 0.235 e. The molecule has 4 nitrogen and oxygen atoms in total. The Morgan fingerprint density at radius 1 is 1.24 bits per heavy atom. The lowest BCUT2D eigenvalue weighted by molar-refractivity contribution is -0.141. The maximum Gasteiger partial charge on any atom is 0.235 e. The summed E-state index contributed by atoms with van der Waals surface area (Å²) in [5.74, 6) is 0.147. The summed E-state index contributed by atoms with van der Waals surface area (Å²) >= 11 is 5.33. The fraction of sp³-hybridized carbons (Fsp3) is 0.875. The van der Waals surface area contributed by atoms with Gasteiger partial charge in [-0.05, 0) is 40.8 Å². The highest BCUT2D eigenvalue weighted by molar-refractivity contribution is 7.80. The molecule has 1 saturated carbocycles. The van der Waals surface area contributed by atoms with Gasteiger partial charge >= 0.3 is 0 Å². The second-order valence-corrected chi connectivity index (χ2v) is 7.00. The first kappa shape index (κ1) is 18.4. The Morgan fingerprint density at radius 3 is 2.14 bits per heavy atom. The Kier molecular flexibility index (Phi) is 7.07. The van der Waals surface area contributed by atoms with Gasteiger partial charge in [-0.2, -0.15) is 0 Å². The van der Waals surface area contributed by atoms with Crippen LogP contribution in [0.4, 0.5) is 0 Å². The third-order valence-electron chi connectivity index (χ3n) is 4.60. The van der Waals surface area contributed by atoms with Gasteiger partial charge in [0.1, 0.15) is 0 Å². The number of thiocarbonyl (C=S) groups is 1. The molecule has 0 heterocycles. The number of likely N-dealkylation sites (N-methyl/N-ethyl adjacent to an activating group) is 2. The van der Waals surface area contributed by atoms with E-state index < -0.39 is 5.41 Å². The third-order valence-corrected chi connectivity index (χ3v) is 4.99. The van der Waals surface area contributed by atoms with E-state index in [0.717, 1.165) is 32.2 Å². The molecule has 0 aromatic rings. The van der Waals surface area contributed by atoms with Crippen LogP contribution < -0.4 is 5.73 Å². The highest BCUT2D eigenvalue weighted by atomic mass is 32.1. The predicted octanol–water partition coefficient (Wildman–Crippen LogP) is 2.41. The maximum atomic E-state index is 13.2. The molecule has 5 heteroatoms. The van der Waals surface area contributed by atoms with E-state index in [0.29, 0.717) is 11.5 Å². The zero-order valence-electron chi connectivity index (χ0n) is 14.0. The molecule has 21 heavy (non-hydrogen) atoms. The molecule has 2 N–H and O–H groups in total. The number of carbonyl (C=O) groups is 1. The van der Waals surface area contributed by atoms with Gasteiger partial charge in [0.05, 0.1) is 10.4 Å². The highest BCUT2D eigenvalue weighted by Crippen LogP contribution is 2.37. The number of hydrogen-bond acceptors (Lipinski definition) is 3. The quantitative estimate of drug-likeness (QED) is 0.604. The van der Waals surface area contributed by atoms with E-state index in [2.05, 4.69) is 11.8 Å². The lowest BCUT2D eigenvalue weighted by atomic mass is 9.78. The van der Waals surface area contributed by atoms with E-state index in [9.17, 15) is 4.79 Å². The van der Waals surface area contributed by atoms with Crippen molar-refractivity contribution >= 4 is 23.1 Å². The van der Waals surface area contributed by atoms with E-state index in [-0.39, 0.29) is 11.9 Å².